The van der Waals surface area contributed by atoms with Gasteiger partial charge in [0.15, 0.2) is 0 Å². The Kier molecular flexibility index (Phi) is 4.95. The second kappa shape index (κ2) is 6.51. The molecule has 4 heteroatoms. The molecule has 1 fully saturated rings. The van der Waals surface area contributed by atoms with Gasteiger partial charge in [-0.15, -0.1) is 11.8 Å². The largest absolute Gasteiger partial charge is 0.496 e. The molecule has 3 nitrogen and oxygen atoms in total. The molecule has 1 aromatic rings. The molecule has 1 aromatic carbocycles. The fourth-order valence-electron chi connectivity index (χ4n) is 2.45. The summed E-state index contributed by atoms with van der Waals surface area (Å²) in [5.41, 5.74) is -0.417. The Hall–Kier alpha value is -1.18. The van der Waals surface area contributed by atoms with Crippen LogP contribution in [0.1, 0.15) is 26.7 Å². The van der Waals surface area contributed by atoms with Crippen LogP contribution in [0, 0.1) is 17.2 Å². The lowest BCUT2D eigenvalue weighted by molar-refractivity contribution is 0.370. The van der Waals surface area contributed by atoms with Crippen molar-refractivity contribution in [3.63, 3.8) is 0 Å². The minimum absolute atomic E-state index is 0.313. The molecular weight excluding hydrogens is 268 g/mol. The van der Waals surface area contributed by atoms with E-state index in [0.717, 1.165) is 29.2 Å². The smallest absolute Gasteiger partial charge is 0.132 e. The molecule has 0 spiro atoms. The predicted octanol–water partition coefficient (Wildman–Crippen LogP) is 3.46. The monoisotopic (exact) mass is 290 g/mol. The van der Waals surface area contributed by atoms with Crippen LogP contribution in [0.3, 0.4) is 0 Å². The summed E-state index contributed by atoms with van der Waals surface area (Å²) in [5, 5.41) is 13.2. The summed E-state index contributed by atoms with van der Waals surface area (Å²) >= 11 is 1.70. The Labute approximate surface area is 125 Å². The number of ether oxygens (including phenoxy) is 1. The van der Waals surface area contributed by atoms with Gasteiger partial charge in [0.1, 0.15) is 11.3 Å². The summed E-state index contributed by atoms with van der Waals surface area (Å²) in [7, 11) is 1.68. The van der Waals surface area contributed by atoms with Crippen LogP contribution in [0.5, 0.6) is 5.75 Å². The number of benzene rings is 1. The van der Waals surface area contributed by atoms with E-state index >= 15 is 0 Å². The highest BCUT2D eigenvalue weighted by Crippen LogP contribution is 2.43. The first-order valence-corrected chi connectivity index (χ1v) is 8.04. The van der Waals surface area contributed by atoms with Crippen molar-refractivity contribution in [2.24, 2.45) is 5.92 Å². The van der Waals surface area contributed by atoms with E-state index in [1.807, 2.05) is 24.3 Å². The molecule has 0 amide bonds. The van der Waals surface area contributed by atoms with E-state index < -0.39 is 5.54 Å². The van der Waals surface area contributed by atoms with E-state index in [1.165, 1.54) is 0 Å². The molecule has 20 heavy (non-hydrogen) atoms. The molecule has 1 N–H and O–H groups in total. The average Bonchev–Trinajstić information content (AvgIpc) is 3.28. The van der Waals surface area contributed by atoms with Gasteiger partial charge >= 0.3 is 0 Å². The molecule has 1 atom stereocenters. The number of thioether (sulfide) groups is 1. The van der Waals surface area contributed by atoms with E-state index in [1.54, 1.807) is 18.9 Å². The van der Waals surface area contributed by atoms with Gasteiger partial charge in [0, 0.05) is 16.7 Å². The molecule has 2 rings (SSSR count). The minimum atomic E-state index is -0.417. The molecule has 0 aromatic heterocycles. The highest BCUT2D eigenvalue weighted by Gasteiger charge is 2.46. The second-order valence-electron chi connectivity index (χ2n) is 5.60. The van der Waals surface area contributed by atoms with E-state index in [9.17, 15) is 5.26 Å². The molecular formula is C16H22N2OS. The summed E-state index contributed by atoms with van der Waals surface area (Å²) in [6, 6.07) is 10.8. The van der Waals surface area contributed by atoms with Crippen molar-refractivity contribution in [2.75, 3.05) is 12.9 Å². The maximum atomic E-state index is 9.68. The van der Waals surface area contributed by atoms with Crippen LogP contribution >= 0.6 is 11.8 Å². The lowest BCUT2D eigenvalue weighted by Gasteiger charge is -2.30. The molecule has 0 saturated heterocycles. The molecule has 1 unspecified atom stereocenters. The van der Waals surface area contributed by atoms with Gasteiger partial charge in [0.2, 0.25) is 0 Å². The van der Waals surface area contributed by atoms with Gasteiger partial charge in [-0.05, 0) is 44.7 Å². The molecule has 0 bridgehead atoms. The molecule has 0 aliphatic heterocycles. The van der Waals surface area contributed by atoms with Crippen LogP contribution in [0.25, 0.3) is 0 Å². The Morgan fingerprint density at radius 2 is 2.15 bits per heavy atom. The van der Waals surface area contributed by atoms with Gasteiger partial charge in [0.05, 0.1) is 13.2 Å². The van der Waals surface area contributed by atoms with Crippen molar-refractivity contribution in [3.8, 4) is 11.8 Å². The molecule has 108 valence electrons. The van der Waals surface area contributed by atoms with Crippen molar-refractivity contribution >= 4 is 11.8 Å². The Balaban J connectivity index is 2.11. The topological polar surface area (TPSA) is 45.0 Å². The summed E-state index contributed by atoms with van der Waals surface area (Å²) < 4.78 is 5.38. The lowest BCUT2D eigenvalue weighted by Crippen LogP contribution is -2.51. The Morgan fingerprint density at radius 3 is 2.70 bits per heavy atom. The number of nitrogens with one attached hydrogen (secondary N) is 1. The first kappa shape index (κ1) is 15.2. The highest BCUT2D eigenvalue weighted by molar-refractivity contribution is 7.99. The van der Waals surface area contributed by atoms with Crippen LogP contribution in [-0.4, -0.2) is 24.4 Å². The SMILES string of the molecule is COc1ccccc1SCC(C#N)(NC(C)C)C1CC1. The Morgan fingerprint density at radius 1 is 1.45 bits per heavy atom. The number of hydrogen-bond acceptors (Lipinski definition) is 4. The van der Waals surface area contributed by atoms with Crippen molar-refractivity contribution in [3.05, 3.63) is 24.3 Å². The number of nitrogens with zero attached hydrogens (tertiary/aromatic N) is 1. The van der Waals surface area contributed by atoms with E-state index in [2.05, 4.69) is 25.2 Å². The fraction of sp³-hybridized carbons (Fsp3) is 0.562. The first-order chi connectivity index (χ1) is 9.61. The van der Waals surface area contributed by atoms with Crippen LogP contribution in [0.2, 0.25) is 0 Å². The highest BCUT2D eigenvalue weighted by atomic mass is 32.2. The molecule has 1 aliphatic rings. The average molecular weight is 290 g/mol. The number of hydrogen-bond donors (Lipinski definition) is 1. The van der Waals surface area contributed by atoms with Crippen molar-refractivity contribution in [1.82, 2.24) is 5.32 Å². The number of nitriles is 1. The van der Waals surface area contributed by atoms with Gasteiger partial charge in [-0.25, -0.2) is 0 Å². The van der Waals surface area contributed by atoms with Gasteiger partial charge in [0.25, 0.3) is 0 Å². The van der Waals surface area contributed by atoms with Crippen LogP contribution in [-0.2, 0) is 0 Å². The van der Waals surface area contributed by atoms with Gasteiger partial charge in [-0.3, -0.25) is 5.32 Å². The third-order valence-electron chi connectivity index (χ3n) is 3.54. The van der Waals surface area contributed by atoms with Crippen molar-refractivity contribution in [2.45, 2.75) is 43.2 Å². The normalized spacial score (nSPS) is 17.6. The first-order valence-electron chi connectivity index (χ1n) is 7.06. The molecule has 1 saturated carbocycles. The van der Waals surface area contributed by atoms with Crippen molar-refractivity contribution in [1.29, 1.82) is 5.26 Å². The van der Waals surface area contributed by atoms with E-state index in [-0.39, 0.29) is 0 Å². The molecule has 0 radical (unpaired) electrons. The van der Waals surface area contributed by atoms with Crippen LogP contribution in [0.4, 0.5) is 0 Å². The van der Waals surface area contributed by atoms with Crippen molar-refractivity contribution < 1.29 is 4.74 Å². The number of methoxy groups -OCH3 is 1. The fourth-order valence-corrected chi connectivity index (χ4v) is 3.69. The Bertz CT molecular complexity index is 493. The lowest BCUT2D eigenvalue weighted by atomic mass is 9.96. The second-order valence-corrected chi connectivity index (χ2v) is 6.61. The van der Waals surface area contributed by atoms with Gasteiger partial charge < -0.3 is 4.74 Å². The van der Waals surface area contributed by atoms with Gasteiger partial charge in [-0.2, -0.15) is 5.26 Å². The number of para-hydroxylation sites is 1. The van der Waals surface area contributed by atoms with Crippen LogP contribution < -0.4 is 10.1 Å². The third kappa shape index (κ3) is 3.47. The standard InChI is InChI=1S/C16H22N2OS/c1-12(2)18-16(10-17,13-8-9-13)11-20-15-7-5-4-6-14(15)19-3/h4-7,12-13,18H,8-9,11H2,1-3H3. The predicted molar refractivity (Wildman–Crippen MR) is 83.1 cm³/mol. The quantitative estimate of drug-likeness (QED) is 0.781. The van der Waals surface area contributed by atoms with Crippen LogP contribution in [0.15, 0.2) is 29.2 Å². The van der Waals surface area contributed by atoms with Gasteiger partial charge in [-0.1, -0.05) is 12.1 Å². The molecule has 1 aliphatic carbocycles. The summed E-state index contributed by atoms with van der Waals surface area (Å²) in [4.78, 5) is 1.10. The zero-order valence-electron chi connectivity index (χ0n) is 12.3. The number of rotatable bonds is 7. The minimum Gasteiger partial charge on any atom is -0.496 e. The summed E-state index contributed by atoms with van der Waals surface area (Å²) in [6.45, 7) is 4.20. The summed E-state index contributed by atoms with van der Waals surface area (Å²) in [5.74, 6) is 2.12. The third-order valence-corrected chi connectivity index (χ3v) is 4.79. The maximum Gasteiger partial charge on any atom is 0.132 e. The molecule has 0 heterocycles. The summed E-state index contributed by atoms with van der Waals surface area (Å²) in [6.07, 6.45) is 2.31. The zero-order valence-corrected chi connectivity index (χ0v) is 13.2. The maximum absolute atomic E-state index is 9.68. The zero-order chi connectivity index (χ0) is 14.6. The van der Waals surface area contributed by atoms with E-state index in [4.69, 9.17) is 4.74 Å². The van der Waals surface area contributed by atoms with E-state index in [0.29, 0.717) is 12.0 Å².